The summed E-state index contributed by atoms with van der Waals surface area (Å²) in [5, 5.41) is 4.47. The average Bonchev–Trinajstić information content (AvgIpc) is 2.93. The highest BCUT2D eigenvalue weighted by Gasteiger charge is 2.68. The van der Waals surface area contributed by atoms with Gasteiger partial charge in [-0.3, -0.25) is 0 Å². The highest BCUT2D eigenvalue weighted by Crippen LogP contribution is 2.65. The second-order valence-electron chi connectivity index (χ2n) is 6.33. The molecule has 0 spiro atoms. The summed E-state index contributed by atoms with van der Waals surface area (Å²) in [5.74, 6) is 0.948. The number of hydrogen-bond acceptors (Lipinski definition) is 3. The number of rotatable bonds is 4. The average molecular weight is 309 g/mol. The predicted molar refractivity (Wildman–Crippen MR) is 92.4 cm³/mol. The number of ether oxygens (including phenoxy) is 1. The third kappa shape index (κ3) is 1.89. The zero-order chi connectivity index (χ0) is 15.2. The second-order valence-corrected chi connectivity index (χ2v) is 7.27. The summed E-state index contributed by atoms with van der Waals surface area (Å²) in [6, 6.07) is 18.8. The minimum absolute atomic E-state index is 0.00873. The van der Waals surface area contributed by atoms with Gasteiger partial charge < -0.3 is 10.5 Å². The summed E-state index contributed by atoms with van der Waals surface area (Å²) in [6.07, 6.45) is 0.972. The van der Waals surface area contributed by atoms with Gasteiger partial charge in [-0.05, 0) is 22.9 Å². The monoisotopic (exact) mass is 309 g/mol. The van der Waals surface area contributed by atoms with Gasteiger partial charge in [-0.15, -0.1) is 11.3 Å². The van der Waals surface area contributed by atoms with Crippen LogP contribution < -0.4 is 10.5 Å². The van der Waals surface area contributed by atoms with Gasteiger partial charge in [0.05, 0.1) is 0 Å². The minimum Gasteiger partial charge on any atom is -0.480 e. The highest BCUT2D eigenvalue weighted by molar-refractivity contribution is 7.10. The van der Waals surface area contributed by atoms with E-state index in [1.165, 1.54) is 10.3 Å². The second kappa shape index (κ2) is 4.83. The van der Waals surface area contributed by atoms with Crippen molar-refractivity contribution in [2.75, 3.05) is 6.54 Å². The number of hydrogen-bond donors (Lipinski definition) is 1. The first-order valence-electron chi connectivity index (χ1n) is 7.59. The van der Waals surface area contributed by atoms with Crippen molar-refractivity contribution in [1.29, 1.82) is 0 Å². The summed E-state index contributed by atoms with van der Waals surface area (Å²) < 4.78 is 6.61. The molecule has 2 aromatic carbocycles. The Bertz CT molecular complexity index is 808. The molecule has 2 atom stereocenters. The van der Waals surface area contributed by atoms with Crippen LogP contribution in [0, 0.1) is 5.41 Å². The zero-order valence-electron chi connectivity index (χ0n) is 12.6. The summed E-state index contributed by atoms with van der Waals surface area (Å²) in [4.78, 5) is 1.27. The van der Waals surface area contributed by atoms with Crippen molar-refractivity contribution in [1.82, 2.24) is 0 Å². The molecule has 112 valence electrons. The van der Waals surface area contributed by atoms with E-state index < -0.39 is 0 Å². The molecule has 1 aliphatic rings. The molecule has 22 heavy (non-hydrogen) atoms. The maximum absolute atomic E-state index is 6.61. The van der Waals surface area contributed by atoms with Gasteiger partial charge >= 0.3 is 0 Å². The Morgan fingerprint density at radius 1 is 1.09 bits per heavy atom. The van der Waals surface area contributed by atoms with Crippen LogP contribution in [0.25, 0.3) is 10.8 Å². The van der Waals surface area contributed by atoms with Crippen molar-refractivity contribution in [3.8, 4) is 5.75 Å². The third-order valence-electron chi connectivity index (χ3n) is 4.89. The molecule has 2 unspecified atom stereocenters. The van der Waals surface area contributed by atoms with Gasteiger partial charge in [-0.2, -0.15) is 0 Å². The molecule has 3 aromatic rings. The molecular formula is C19H19NOS. The normalized spacial score (nSPS) is 27.0. The van der Waals surface area contributed by atoms with E-state index in [0.29, 0.717) is 6.54 Å². The van der Waals surface area contributed by atoms with Crippen molar-refractivity contribution in [2.24, 2.45) is 11.1 Å². The summed E-state index contributed by atoms with van der Waals surface area (Å²) in [7, 11) is 0. The smallest absolute Gasteiger partial charge is 0.150 e. The lowest BCUT2D eigenvalue weighted by Gasteiger charge is -2.24. The maximum atomic E-state index is 6.61. The lowest BCUT2D eigenvalue weighted by atomic mass is 10.0. The van der Waals surface area contributed by atoms with Gasteiger partial charge in [-0.25, -0.2) is 0 Å². The Morgan fingerprint density at radius 2 is 1.91 bits per heavy atom. The number of nitrogens with two attached hydrogens (primary N) is 1. The molecule has 3 heteroatoms. The van der Waals surface area contributed by atoms with E-state index >= 15 is 0 Å². The van der Waals surface area contributed by atoms with Crippen molar-refractivity contribution in [3.05, 3.63) is 64.9 Å². The first kappa shape index (κ1) is 13.8. The van der Waals surface area contributed by atoms with Crippen molar-refractivity contribution < 1.29 is 4.74 Å². The molecule has 1 fully saturated rings. The Balaban J connectivity index is 1.80. The fourth-order valence-corrected chi connectivity index (χ4v) is 4.33. The molecule has 1 saturated carbocycles. The number of benzene rings is 2. The predicted octanol–water partition coefficient (Wildman–Crippen LogP) is 4.54. The minimum atomic E-state index is -0.278. The molecular weight excluding hydrogens is 290 g/mol. The van der Waals surface area contributed by atoms with Crippen LogP contribution in [0.3, 0.4) is 0 Å². The van der Waals surface area contributed by atoms with Gasteiger partial charge in [-0.1, -0.05) is 49.4 Å². The van der Waals surface area contributed by atoms with Crippen LogP contribution in [0.15, 0.2) is 60.0 Å². The fraction of sp³-hybridized carbons (Fsp3) is 0.263. The molecule has 0 aliphatic heterocycles. The van der Waals surface area contributed by atoms with Gasteiger partial charge in [0, 0.05) is 28.6 Å². The third-order valence-corrected chi connectivity index (χ3v) is 5.91. The van der Waals surface area contributed by atoms with Gasteiger partial charge in [0.2, 0.25) is 0 Å². The summed E-state index contributed by atoms with van der Waals surface area (Å²) in [6.45, 7) is 2.85. The molecule has 0 radical (unpaired) electrons. The van der Waals surface area contributed by atoms with Crippen molar-refractivity contribution >= 4 is 22.1 Å². The van der Waals surface area contributed by atoms with E-state index in [9.17, 15) is 0 Å². The Kier molecular flexibility index (Phi) is 3.03. The summed E-state index contributed by atoms with van der Waals surface area (Å²) >= 11 is 1.75. The largest absolute Gasteiger partial charge is 0.480 e. The van der Waals surface area contributed by atoms with Crippen LogP contribution in [0.2, 0.25) is 0 Å². The molecule has 1 heterocycles. The Labute approximate surface area is 134 Å². The first-order valence-corrected chi connectivity index (χ1v) is 8.47. The van der Waals surface area contributed by atoms with Gasteiger partial charge in [0.1, 0.15) is 5.75 Å². The van der Waals surface area contributed by atoms with E-state index in [-0.39, 0.29) is 11.0 Å². The highest BCUT2D eigenvalue weighted by atomic mass is 32.1. The van der Waals surface area contributed by atoms with E-state index in [4.69, 9.17) is 10.5 Å². The standard InChI is InChI=1S/C19H19NOS/c1-18(13-20)12-19(18,17-10-5-11-22-17)21-16-9-4-7-14-6-2-3-8-15(14)16/h2-11H,12-13,20H2,1H3. The maximum Gasteiger partial charge on any atom is 0.150 e. The molecule has 0 amide bonds. The quantitative estimate of drug-likeness (QED) is 0.767. The molecule has 2 N–H and O–H groups in total. The molecule has 0 saturated heterocycles. The van der Waals surface area contributed by atoms with Crippen LogP contribution in [0.4, 0.5) is 0 Å². The zero-order valence-corrected chi connectivity index (χ0v) is 13.4. The SMILES string of the molecule is CC1(CN)CC1(Oc1cccc2ccccc12)c1cccs1. The first-order chi connectivity index (χ1) is 10.7. The van der Waals surface area contributed by atoms with E-state index in [1.54, 1.807) is 11.3 Å². The molecule has 1 aliphatic carbocycles. The van der Waals surface area contributed by atoms with Crippen LogP contribution in [-0.2, 0) is 5.60 Å². The lowest BCUT2D eigenvalue weighted by molar-refractivity contribution is 0.139. The molecule has 2 nitrogen and oxygen atoms in total. The van der Waals surface area contributed by atoms with Crippen LogP contribution in [0.1, 0.15) is 18.2 Å². The molecule has 1 aromatic heterocycles. The number of fused-ring (bicyclic) bond motifs is 1. The molecule has 4 rings (SSSR count). The lowest BCUT2D eigenvalue weighted by Crippen LogP contribution is -2.28. The van der Waals surface area contributed by atoms with Gasteiger partial charge in [0.25, 0.3) is 0 Å². The Morgan fingerprint density at radius 3 is 2.64 bits per heavy atom. The van der Waals surface area contributed by atoms with Crippen molar-refractivity contribution in [2.45, 2.75) is 18.9 Å². The fourth-order valence-electron chi connectivity index (χ4n) is 3.32. The van der Waals surface area contributed by atoms with E-state index in [0.717, 1.165) is 17.6 Å². The van der Waals surface area contributed by atoms with E-state index in [1.807, 2.05) is 0 Å². The van der Waals surface area contributed by atoms with Gasteiger partial charge in [0.15, 0.2) is 5.60 Å². The van der Waals surface area contributed by atoms with Crippen LogP contribution >= 0.6 is 11.3 Å². The van der Waals surface area contributed by atoms with Crippen molar-refractivity contribution in [3.63, 3.8) is 0 Å². The van der Waals surface area contributed by atoms with E-state index in [2.05, 4.69) is 66.9 Å². The van der Waals surface area contributed by atoms with Crippen LogP contribution in [0.5, 0.6) is 5.75 Å². The van der Waals surface area contributed by atoms with Crippen LogP contribution in [-0.4, -0.2) is 6.54 Å². The molecule has 0 bridgehead atoms. The summed E-state index contributed by atoms with van der Waals surface area (Å²) in [5.41, 5.74) is 5.77. The number of thiophene rings is 1. The Hall–Kier alpha value is -1.84. The topological polar surface area (TPSA) is 35.2 Å².